The molecule has 1 aromatic rings. The van der Waals surface area contributed by atoms with Gasteiger partial charge in [0.2, 0.25) is 5.91 Å². The molecule has 1 aliphatic rings. The maximum Gasteiger partial charge on any atom is 0.339 e. The van der Waals surface area contributed by atoms with Crippen molar-refractivity contribution in [1.29, 1.82) is 0 Å². The summed E-state index contributed by atoms with van der Waals surface area (Å²) >= 11 is 0. The monoisotopic (exact) mass is 388 g/mol. The van der Waals surface area contributed by atoms with E-state index in [0.717, 1.165) is 31.0 Å². The van der Waals surface area contributed by atoms with Crippen molar-refractivity contribution in [2.75, 3.05) is 25.5 Å². The van der Waals surface area contributed by atoms with Crippen molar-refractivity contribution < 1.29 is 14.3 Å². The van der Waals surface area contributed by atoms with Gasteiger partial charge in [-0.15, -0.1) is 0 Å². The number of amides is 1. The van der Waals surface area contributed by atoms with Gasteiger partial charge in [-0.1, -0.05) is 40.7 Å². The summed E-state index contributed by atoms with van der Waals surface area (Å²) in [7, 11) is 1.35. The van der Waals surface area contributed by atoms with Crippen LogP contribution in [0.15, 0.2) is 18.2 Å². The number of carbonyl (C=O) groups is 2. The molecule has 1 aromatic carbocycles. The predicted octanol–water partition coefficient (Wildman–Crippen LogP) is 4.42. The second-order valence-corrected chi connectivity index (χ2v) is 9.81. The summed E-state index contributed by atoms with van der Waals surface area (Å²) in [5.74, 6) is 0.194. The average molecular weight is 389 g/mol. The van der Waals surface area contributed by atoms with Gasteiger partial charge < -0.3 is 15.4 Å². The number of nitrogens with one attached hydrogen (secondary N) is 2. The lowest BCUT2D eigenvalue weighted by atomic mass is 9.75. The zero-order chi connectivity index (χ0) is 20.9. The minimum Gasteiger partial charge on any atom is -0.465 e. The second-order valence-electron chi connectivity index (χ2n) is 9.81. The van der Waals surface area contributed by atoms with E-state index in [1.54, 1.807) is 6.07 Å². The van der Waals surface area contributed by atoms with E-state index in [9.17, 15) is 9.59 Å². The van der Waals surface area contributed by atoms with Crippen LogP contribution in [0.3, 0.4) is 0 Å². The van der Waals surface area contributed by atoms with Gasteiger partial charge in [-0.2, -0.15) is 0 Å². The Morgan fingerprint density at radius 1 is 1.14 bits per heavy atom. The number of esters is 1. The number of hydrogen-bond acceptors (Lipinski definition) is 4. The first-order chi connectivity index (χ1) is 13.0. The number of piperidine rings is 1. The second kappa shape index (κ2) is 9.08. The van der Waals surface area contributed by atoms with Gasteiger partial charge >= 0.3 is 5.97 Å². The van der Waals surface area contributed by atoms with Crippen molar-refractivity contribution in [2.45, 2.75) is 60.3 Å². The Morgan fingerprint density at radius 3 is 2.36 bits per heavy atom. The van der Waals surface area contributed by atoms with Gasteiger partial charge in [-0.3, -0.25) is 4.79 Å². The van der Waals surface area contributed by atoms with Crippen LogP contribution in [0, 0.1) is 16.7 Å². The van der Waals surface area contributed by atoms with E-state index in [4.69, 9.17) is 4.74 Å². The molecule has 28 heavy (non-hydrogen) atoms. The molecule has 1 amide bonds. The highest BCUT2D eigenvalue weighted by Crippen LogP contribution is 2.34. The molecule has 1 heterocycles. The van der Waals surface area contributed by atoms with Crippen LogP contribution in [-0.4, -0.2) is 32.1 Å². The van der Waals surface area contributed by atoms with E-state index in [0.29, 0.717) is 11.3 Å². The third-order valence-electron chi connectivity index (χ3n) is 5.40. The predicted molar refractivity (Wildman–Crippen MR) is 114 cm³/mol. The Kier molecular flexibility index (Phi) is 7.27. The van der Waals surface area contributed by atoms with Crippen molar-refractivity contribution in [3.8, 4) is 0 Å². The lowest BCUT2D eigenvalue weighted by molar-refractivity contribution is -0.123. The molecule has 0 bridgehead atoms. The van der Waals surface area contributed by atoms with Crippen molar-refractivity contribution in [1.82, 2.24) is 5.32 Å². The number of rotatable bonds is 6. The number of methoxy groups -OCH3 is 1. The minimum atomic E-state index is -0.544. The van der Waals surface area contributed by atoms with E-state index in [1.807, 2.05) is 32.9 Å². The lowest BCUT2D eigenvalue weighted by Crippen LogP contribution is -2.31. The number of benzene rings is 1. The number of anilines is 1. The van der Waals surface area contributed by atoms with Crippen LogP contribution < -0.4 is 10.6 Å². The third kappa shape index (κ3) is 6.33. The van der Waals surface area contributed by atoms with Gasteiger partial charge in [0.15, 0.2) is 0 Å². The summed E-state index contributed by atoms with van der Waals surface area (Å²) in [4.78, 5) is 24.6. The van der Waals surface area contributed by atoms with Crippen LogP contribution in [0.1, 0.15) is 69.8 Å². The molecule has 0 spiro atoms. The van der Waals surface area contributed by atoms with Crippen LogP contribution in [0.25, 0.3) is 0 Å². The Morgan fingerprint density at radius 2 is 1.79 bits per heavy atom. The standard InChI is InChI=1S/C23H36N2O3/c1-22(2,3)21(27)25-19-13-17(7-8-18(19)20(26)28-6)15-23(4,5)14-16-9-11-24-12-10-16/h7-8,13,16,24H,9-12,14-15H2,1-6H3,(H,25,27). The summed E-state index contributed by atoms with van der Waals surface area (Å²) < 4.78 is 4.89. The molecule has 1 aliphatic heterocycles. The molecule has 1 saturated heterocycles. The molecule has 0 aromatic heterocycles. The van der Waals surface area contributed by atoms with Gasteiger partial charge in [0.1, 0.15) is 0 Å². The van der Waals surface area contributed by atoms with Gasteiger partial charge in [0, 0.05) is 5.41 Å². The molecule has 2 rings (SSSR count). The van der Waals surface area contributed by atoms with E-state index in [-0.39, 0.29) is 11.3 Å². The van der Waals surface area contributed by atoms with E-state index in [2.05, 4.69) is 24.5 Å². The van der Waals surface area contributed by atoms with Crippen LogP contribution in [0.4, 0.5) is 5.69 Å². The molecule has 1 fully saturated rings. The van der Waals surface area contributed by atoms with Crippen molar-refractivity contribution in [2.24, 2.45) is 16.7 Å². The molecular formula is C23H36N2O3. The van der Waals surface area contributed by atoms with Gasteiger partial charge in [0.05, 0.1) is 18.4 Å². The number of carbonyl (C=O) groups excluding carboxylic acids is 2. The smallest absolute Gasteiger partial charge is 0.339 e. The van der Waals surface area contributed by atoms with E-state index in [1.165, 1.54) is 26.4 Å². The first-order valence-corrected chi connectivity index (χ1v) is 10.3. The Bertz CT molecular complexity index is 698. The largest absolute Gasteiger partial charge is 0.465 e. The number of ether oxygens (including phenoxy) is 1. The molecule has 5 heteroatoms. The van der Waals surface area contributed by atoms with Crippen LogP contribution in [0.5, 0.6) is 0 Å². The van der Waals surface area contributed by atoms with Crippen LogP contribution in [0.2, 0.25) is 0 Å². The maximum absolute atomic E-state index is 12.5. The zero-order valence-electron chi connectivity index (χ0n) is 18.3. The minimum absolute atomic E-state index is 0.122. The highest BCUT2D eigenvalue weighted by molar-refractivity contribution is 6.02. The Labute approximate surface area is 169 Å². The zero-order valence-corrected chi connectivity index (χ0v) is 18.3. The lowest BCUT2D eigenvalue weighted by Gasteiger charge is -2.32. The van der Waals surface area contributed by atoms with E-state index >= 15 is 0 Å². The molecule has 2 N–H and O–H groups in total. The van der Waals surface area contributed by atoms with Crippen LogP contribution in [-0.2, 0) is 16.0 Å². The summed E-state index contributed by atoms with van der Waals surface area (Å²) in [6.07, 6.45) is 4.54. The van der Waals surface area contributed by atoms with Crippen molar-refractivity contribution >= 4 is 17.6 Å². The normalized spacial score (nSPS) is 15.9. The van der Waals surface area contributed by atoms with E-state index < -0.39 is 11.4 Å². The van der Waals surface area contributed by atoms with Gasteiger partial charge in [-0.05, 0) is 67.8 Å². The summed E-state index contributed by atoms with van der Waals surface area (Å²) in [5, 5.41) is 6.35. The number of hydrogen-bond donors (Lipinski definition) is 2. The fourth-order valence-corrected chi connectivity index (χ4v) is 3.89. The Balaban J connectivity index is 2.21. The summed E-state index contributed by atoms with van der Waals surface area (Å²) in [6.45, 7) is 12.4. The third-order valence-corrected chi connectivity index (χ3v) is 5.40. The fourth-order valence-electron chi connectivity index (χ4n) is 3.89. The van der Waals surface area contributed by atoms with Crippen LogP contribution >= 0.6 is 0 Å². The summed E-state index contributed by atoms with van der Waals surface area (Å²) in [6, 6.07) is 5.67. The fraction of sp³-hybridized carbons (Fsp3) is 0.652. The highest BCUT2D eigenvalue weighted by Gasteiger charge is 2.27. The molecule has 0 unspecified atom stereocenters. The molecule has 0 aliphatic carbocycles. The Hall–Kier alpha value is -1.88. The first-order valence-electron chi connectivity index (χ1n) is 10.3. The maximum atomic E-state index is 12.5. The molecular weight excluding hydrogens is 352 g/mol. The molecule has 0 atom stereocenters. The molecule has 156 valence electrons. The average Bonchev–Trinajstić information content (AvgIpc) is 2.60. The quantitative estimate of drug-likeness (QED) is 0.708. The SMILES string of the molecule is COC(=O)c1ccc(CC(C)(C)CC2CCNCC2)cc1NC(=O)C(C)(C)C. The highest BCUT2D eigenvalue weighted by atomic mass is 16.5. The first kappa shape index (κ1) is 22.4. The van der Waals surface area contributed by atoms with Crippen molar-refractivity contribution in [3.63, 3.8) is 0 Å². The van der Waals surface area contributed by atoms with Gasteiger partial charge in [0.25, 0.3) is 0 Å². The van der Waals surface area contributed by atoms with Gasteiger partial charge in [-0.25, -0.2) is 4.79 Å². The summed E-state index contributed by atoms with van der Waals surface area (Å²) in [5.41, 5.74) is 1.65. The molecule has 0 saturated carbocycles. The van der Waals surface area contributed by atoms with Crippen molar-refractivity contribution in [3.05, 3.63) is 29.3 Å². The topological polar surface area (TPSA) is 67.4 Å². The molecule has 5 nitrogen and oxygen atoms in total. The molecule has 0 radical (unpaired) electrons.